The van der Waals surface area contributed by atoms with Crippen molar-refractivity contribution in [1.82, 2.24) is 0 Å². The van der Waals surface area contributed by atoms with Gasteiger partial charge in [-0.15, -0.1) is 0 Å². The standard InChI is InChI=1S/C14H22O2/c1-11(2)12-5-7-13(8-6-12)14(3,16)9-4-10-15/h5-8,11,15-16H,4,9-10H2,1-3H3. The highest BCUT2D eigenvalue weighted by Crippen LogP contribution is 2.27. The molecule has 90 valence electrons. The molecule has 0 aliphatic heterocycles. The summed E-state index contributed by atoms with van der Waals surface area (Å²) in [5.41, 5.74) is 1.37. The van der Waals surface area contributed by atoms with Gasteiger partial charge in [0.15, 0.2) is 0 Å². The monoisotopic (exact) mass is 222 g/mol. The van der Waals surface area contributed by atoms with E-state index in [1.54, 1.807) is 6.92 Å². The van der Waals surface area contributed by atoms with Crippen molar-refractivity contribution < 1.29 is 10.2 Å². The molecule has 2 N–H and O–H groups in total. The molecule has 0 radical (unpaired) electrons. The molecule has 0 fully saturated rings. The maximum Gasteiger partial charge on any atom is 0.0869 e. The number of aliphatic hydroxyl groups excluding tert-OH is 1. The first kappa shape index (κ1) is 13.2. The highest BCUT2D eigenvalue weighted by atomic mass is 16.3. The summed E-state index contributed by atoms with van der Waals surface area (Å²) < 4.78 is 0. The largest absolute Gasteiger partial charge is 0.396 e. The normalized spacial score (nSPS) is 15.1. The van der Waals surface area contributed by atoms with Crippen LogP contribution in [0.25, 0.3) is 0 Å². The van der Waals surface area contributed by atoms with Crippen LogP contribution in [0.2, 0.25) is 0 Å². The summed E-state index contributed by atoms with van der Waals surface area (Å²) in [5.74, 6) is 0.511. The number of rotatable bonds is 5. The zero-order valence-electron chi connectivity index (χ0n) is 10.4. The minimum absolute atomic E-state index is 0.125. The average Bonchev–Trinajstić information content (AvgIpc) is 2.26. The Kier molecular flexibility index (Phi) is 4.51. The molecule has 1 aromatic rings. The fraction of sp³-hybridized carbons (Fsp3) is 0.571. The molecular weight excluding hydrogens is 200 g/mol. The van der Waals surface area contributed by atoms with Gasteiger partial charge in [-0.05, 0) is 36.8 Å². The molecule has 1 aromatic carbocycles. The van der Waals surface area contributed by atoms with Gasteiger partial charge in [0.2, 0.25) is 0 Å². The van der Waals surface area contributed by atoms with Crippen molar-refractivity contribution in [1.29, 1.82) is 0 Å². The topological polar surface area (TPSA) is 40.5 Å². The Bertz CT molecular complexity index is 312. The van der Waals surface area contributed by atoms with Gasteiger partial charge in [-0.25, -0.2) is 0 Å². The van der Waals surface area contributed by atoms with Crippen LogP contribution in [0.4, 0.5) is 0 Å². The molecule has 0 aliphatic carbocycles. The van der Waals surface area contributed by atoms with E-state index in [4.69, 9.17) is 5.11 Å². The molecule has 0 bridgehead atoms. The van der Waals surface area contributed by atoms with E-state index in [9.17, 15) is 5.11 Å². The van der Waals surface area contributed by atoms with Gasteiger partial charge >= 0.3 is 0 Å². The molecular formula is C14H22O2. The summed E-state index contributed by atoms with van der Waals surface area (Å²) in [6.07, 6.45) is 1.21. The molecule has 1 atom stereocenters. The van der Waals surface area contributed by atoms with Crippen LogP contribution in [-0.4, -0.2) is 16.8 Å². The molecule has 0 saturated carbocycles. The number of benzene rings is 1. The Labute approximate surface area is 97.9 Å². The molecule has 16 heavy (non-hydrogen) atoms. The maximum absolute atomic E-state index is 10.2. The van der Waals surface area contributed by atoms with Crippen molar-refractivity contribution in [3.63, 3.8) is 0 Å². The third-order valence-electron chi connectivity index (χ3n) is 3.02. The second kappa shape index (κ2) is 5.46. The molecule has 0 amide bonds. The highest BCUT2D eigenvalue weighted by Gasteiger charge is 2.22. The minimum Gasteiger partial charge on any atom is -0.396 e. The van der Waals surface area contributed by atoms with E-state index in [2.05, 4.69) is 26.0 Å². The van der Waals surface area contributed by atoms with E-state index in [1.165, 1.54) is 5.56 Å². The quantitative estimate of drug-likeness (QED) is 0.804. The summed E-state index contributed by atoms with van der Waals surface area (Å²) in [7, 11) is 0. The first-order valence-corrected chi connectivity index (χ1v) is 5.91. The van der Waals surface area contributed by atoms with Crippen LogP contribution in [0.5, 0.6) is 0 Å². The van der Waals surface area contributed by atoms with E-state index in [0.29, 0.717) is 18.8 Å². The Balaban J connectivity index is 2.79. The number of hydrogen-bond acceptors (Lipinski definition) is 2. The van der Waals surface area contributed by atoms with E-state index < -0.39 is 5.60 Å². The highest BCUT2D eigenvalue weighted by molar-refractivity contribution is 5.28. The molecule has 0 heterocycles. The van der Waals surface area contributed by atoms with Crippen LogP contribution in [0.1, 0.15) is 50.7 Å². The molecule has 0 aliphatic rings. The van der Waals surface area contributed by atoms with Crippen molar-refractivity contribution in [3.05, 3.63) is 35.4 Å². The summed E-state index contributed by atoms with van der Waals surface area (Å²) in [6, 6.07) is 8.08. The van der Waals surface area contributed by atoms with Gasteiger partial charge in [0.25, 0.3) is 0 Å². The Morgan fingerprint density at radius 3 is 2.19 bits per heavy atom. The summed E-state index contributed by atoms with van der Waals surface area (Å²) >= 11 is 0. The molecule has 2 heteroatoms. The van der Waals surface area contributed by atoms with E-state index in [0.717, 1.165) is 5.56 Å². The summed E-state index contributed by atoms with van der Waals surface area (Å²) in [6.45, 7) is 6.23. The van der Waals surface area contributed by atoms with Crippen LogP contribution >= 0.6 is 0 Å². The fourth-order valence-electron chi connectivity index (χ4n) is 1.79. The molecule has 0 aromatic heterocycles. The third-order valence-corrected chi connectivity index (χ3v) is 3.02. The van der Waals surface area contributed by atoms with Crippen LogP contribution in [0.15, 0.2) is 24.3 Å². The van der Waals surface area contributed by atoms with Gasteiger partial charge in [-0.1, -0.05) is 38.1 Å². The minimum atomic E-state index is -0.835. The van der Waals surface area contributed by atoms with Crippen molar-refractivity contribution in [2.45, 2.75) is 45.1 Å². The Morgan fingerprint density at radius 2 is 1.75 bits per heavy atom. The lowest BCUT2D eigenvalue weighted by Crippen LogP contribution is -2.21. The lowest BCUT2D eigenvalue weighted by atomic mass is 9.89. The first-order chi connectivity index (χ1) is 7.47. The Hall–Kier alpha value is -0.860. The number of aliphatic hydroxyl groups is 2. The first-order valence-electron chi connectivity index (χ1n) is 5.91. The van der Waals surface area contributed by atoms with E-state index in [1.807, 2.05) is 12.1 Å². The van der Waals surface area contributed by atoms with Crippen LogP contribution in [0.3, 0.4) is 0 Å². The van der Waals surface area contributed by atoms with Crippen molar-refractivity contribution in [2.75, 3.05) is 6.61 Å². The van der Waals surface area contributed by atoms with Gasteiger partial charge in [0.1, 0.15) is 0 Å². The summed E-state index contributed by atoms with van der Waals surface area (Å²) in [4.78, 5) is 0. The lowest BCUT2D eigenvalue weighted by Gasteiger charge is -2.24. The summed E-state index contributed by atoms with van der Waals surface area (Å²) in [5, 5.41) is 19.0. The zero-order chi connectivity index (χ0) is 12.2. The van der Waals surface area contributed by atoms with Gasteiger partial charge in [-0.3, -0.25) is 0 Å². The van der Waals surface area contributed by atoms with Crippen molar-refractivity contribution >= 4 is 0 Å². The average molecular weight is 222 g/mol. The SMILES string of the molecule is CC(C)c1ccc(C(C)(O)CCCO)cc1. The van der Waals surface area contributed by atoms with Gasteiger partial charge in [-0.2, -0.15) is 0 Å². The van der Waals surface area contributed by atoms with Gasteiger partial charge in [0, 0.05) is 6.61 Å². The van der Waals surface area contributed by atoms with Crippen molar-refractivity contribution in [2.24, 2.45) is 0 Å². The Morgan fingerprint density at radius 1 is 1.19 bits per heavy atom. The smallest absolute Gasteiger partial charge is 0.0869 e. The lowest BCUT2D eigenvalue weighted by molar-refractivity contribution is 0.0403. The van der Waals surface area contributed by atoms with Crippen LogP contribution < -0.4 is 0 Å². The molecule has 0 saturated heterocycles. The molecule has 1 unspecified atom stereocenters. The number of hydrogen-bond donors (Lipinski definition) is 2. The van der Waals surface area contributed by atoms with E-state index >= 15 is 0 Å². The van der Waals surface area contributed by atoms with Crippen LogP contribution in [0, 0.1) is 0 Å². The van der Waals surface area contributed by atoms with Crippen LogP contribution in [-0.2, 0) is 5.60 Å². The van der Waals surface area contributed by atoms with E-state index in [-0.39, 0.29) is 6.61 Å². The zero-order valence-corrected chi connectivity index (χ0v) is 10.4. The molecule has 2 nitrogen and oxygen atoms in total. The second-order valence-electron chi connectivity index (χ2n) is 4.88. The molecule has 1 rings (SSSR count). The van der Waals surface area contributed by atoms with Gasteiger partial charge < -0.3 is 10.2 Å². The maximum atomic E-state index is 10.2. The molecule has 0 spiro atoms. The third kappa shape index (κ3) is 3.32. The van der Waals surface area contributed by atoms with Gasteiger partial charge in [0.05, 0.1) is 5.60 Å². The van der Waals surface area contributed by atoms with Crippen molar-refractivity contribution in [3.8, 4) is 0 Å². The predicted octanol–water partition coefficient (Wildman–Crippen LogP) is 2.79. The predicted molar refractivity (Wildman–Crippen MR) is 66.4 cm³/mol. The second-order valence-corrected chi connectivity index (χ2v) is 4.88. The fourth-order valence-corrected chi connectivity index (χ4v) is 1.79.